The summed E-state index contributed by atoms with van der Waals surface area (Å²) in [6, 6.07) is 1.72. The third-order valence-electron chi connectivity index (χ3n) is 0.630. The fourth-order valence-electron chi connectivity index (χ4n) is 0.312. The minimum Gasteiger partial charge on any atom is -0.365 e. The van der Waals surface area contributed by atoms with Gasteiger partial charge in [0.05, 0.1) is 12.4 Å². The monoisotopic (exact) mass is 139 g/mol. The van der Waals surface area contributed by atoms with Crippen LogP contribution in [0.2, 0.25) is 0 Å². The van der Waals surface area contributed by atoms with Crippen LogP contribution in [0.1, 0.15) is 0 Å². The molecule has 2 aromatic rings. The molecule has 0 aromatic carbocycles. The molecule has 0 bridgehead atoms. The Morgan fingerprint density at radius 1 is 1.00 bits per heavy atom. The van der Waals surface area contributed by atoms with Gasteiger partial charge in [-0.15, -0.1) is 5.10 Å². The van der Waals surface area contributed by atoms with Crippen LogP contribution in [0, 0.1) is 0 Å². The van der Waals surface area contributed by atoms with Gasteiger partial charge in [-0.1, -0.05) is 5.16 Å². The molecule has 0 fully saturated rings. The quantitative estimate of drug-likeness (QED) is 0.538. The van der Waals surface area contributed by atoms with Gasteiger partial charge in [0.2, 0.25) is 0 Å². The first kappa shape index (κ1) is 6.47. The van der Waals surface area contributed by atoms with Gasteiger partial charge >= 0.3 is 0 Å². The molecule has 0 radical (unpaired) electrons. The lowest BCUT2D eigenvalue weighted by Crippen LogP contribution is -1.53. The standard InChI is InChI=1S/C3H3NO.C2H2N2O/c1-2-4-5-3-1;1-2-5-4-3-1/h1-3H;1-2H. The van der Waals surface area contributed by atoms with Crippen LogP contribution in [0.25, 0.3) is 0 Å². The highest BCUT2D eigenvalue weighted by atomic mass is 16.5. The van der Waals surface area contributed by atoms with Crippen LogP contribution in [0.5, 0.6) is 0 Å². The van der Waals surface area contributed by atoms with E-state index in [2.05, 4.69) is 24.6 Å². The van der Waals surface area contributed by atoms with Crippen LogP contribution in [-0.4, -0.2) is 15.5 Å². The third kappa shape index (κ3) is 2.61. The SMILES string of the molecule is c1cnoc1.c1conn1. The Morgan fingerprint density at radius 2 is 2.00 bits per heavy atom. The Labute approximate surface area is 56.6 Å². The van der Waals surface area contributed by atoms with Crippen molar-refractivity contribution in [3.63, 3.8) is 0 Å². The molecule has 0 aliphatic heterocycles. The number of hydrogen-bond acceptors (Lipinski definition) is 5. The number of hydrogen-bond donors (Lipinski definition) is 0. The van der Waals surface area contributed by atoms with Crippen molar-refractivity contribution >= 4 is 0 Å². The molecule has 10 heavy (non-hydrogen) atoms. The summed E-state index contributed by atoms with van der Waals surface area (Å²) >= 11 is 0. The lowest BCUT2D eigenvalue weighted by atomic mass is 10.8. The fourth-order valence-corrected chi connectivity index (χ4v) is 0.312. The fraction of sp³-hybridized carbons (Fsp3) is 0. The van der Waals surface area contributed by atoms with E-state index in [0.717, 1.165) is 0 Å². The maximum absolute atomic E-state index is 4.33. The molecule has 2 aromatic heterocycles. The van der Waals surface area contributed by atoms with E-state index in [1.165, 1.54) is 18.7 Å². The van der Waals surface area contributed by atoms with E-state index in [9.17, 15) is 0 Å². The minimum absolute atomic E-state index is 1.40. The summed E-state index contributed by atoms with van der Waals surface area (Å²) in [7, 11) is 0. The molecule has 0 spiro atoms. The van der Waals surface area contributed by atoms with Crippen LogP contribution in [-0.2, 0) is 0 Å². The Kier molecular flexibility index (Phi) is 2.75. The maximum atomic E-state index is 4.33. The Bertz CT molecular complexity index is 154. The topological polar surface area (TPSA) is 65.0 Å². The lowest BCUT2D eigenvalue weighted by molar-refractivity contribution is 0.393. The average molecular weight is 139 g/mol. The van der Waals surface area contributed by atoms with E-state index >= 15 is 0 Å². The van der Waals surface area contributed by atoms with Gasteiger partial charge in [-0.3, -0.25) is 0 Å². The van der Waals surface area contributed by atoms with Gasteiger partial charge in [0.15, 0.2) is 0 Å². The van der Waals surface area contributed by atoms with Crippen molar-refractivity contribution < 1.29 is 9.05 Å². The second kappa shape index (κ2) is 4.25. The zero-order chi connectivity index (χ0) is 7.07. The second-order valence-electron chi connectivity index (χ2n) is 1.28. The van der Waals surface area contributed by atoms with Crippen molar-refractivity contribution in [3.8, 4) is 0 Å². The molecular formula is C5H5N3O2. The first-order valence-corrected chi connectivity index (χ1v) is 2.55. The van der Waals surface area contributed by atoms with E-state index in [0.29, 0.717) is 0 Å². The van der Waals surface area contributed by atoms with Crippen molar-refractivity contribution in [2.24, 2.45) is 0 Å². The van der Waals surface area contributed by atoms with Crippen LogP contribution < -0.4 is 0 Å². The molecule has 0 amide bonds. The van der Waals surface area contributed by atoms with Crippen molar-refractivity contribution in [3.05, 3.63) is 31.0 Å². The normalized spacial score (nSPS) is 8.00. The van der Waals surface area contributed by atoms with Crippen molar-refractivity contribution in [2.45, 2.75) is 0 Å². The van der Waals surface area contributed by atoms with Gasteiger partial charge in [0.25, 0.3) is 0 Å². The second-order valence-corrected chi connectivity index (χ2v) is 1.28. The van der Waals surface area contributed by atoms with Crippen LogP contribution in [0.4, 0.5) is 0 Å². The van der Waals surface area contributed by atoms with E-state index in [1.807, 2.05) is 0 Å². The van der Waals surface area contributed by atoms with Crippen LogP contribution in [0.15, 0.2) is 40.0 Å². The van der Waals surface area contributed by atoms with Gasteiger partial charge in [-0.2, -0.15) is 0 Å². The molecule has 52 valence electrons. The molecule has 0 atom stereocenters. The predicted octanol–water partition coefficient (Wildman–Crippen LogP) is 0.744. The molecule has 2 heterocycles. The molecule has 0 saturated heterocycles. The number of rotatable bonds is 0. The predicted molar refractivity (Wildman–Crippen MR) is 30.8 cm³/mol. The molecule has 0 aliphatic rings. The van der Waals surface area contributed by atoms with Gasteiger partial charge < -0.3 is 9.05 Å². The summed E-state index contributed by atoms with van der Waals surface area (Å²) in [6.45, 7) is 0. The number of nitrogens with zero attached hydrogens (tertiary/aromatic N) is 3. The summed E-state index contributed by atoms with van der Waals surface area (Å²) < 4.78 is 8.56. The first-order valence-electron chi connectivity index (χ1n) is 2.55. The lowest BCUT2D eigenvalue weighted by Gasteiger charge is -1.48. The van der Waals surface area contributed by atoms with E-state index in [1.54, 1.807) is 12.3 Å². The van der Waals surface area contributed by atoms with Gasteiger partial charge in [0.1, 0.15) is 12.5 Å². The molecule has 0 aliphatic carbocycles. The van der Waals surface area contributed by atoms with E-state index in [-0.39, 0.29) is 0 Å². The summed E-state index contributed by atoms with van der Waals surface area (Å²) in [4.78, 5) is 0. The number of aromatic nitrogens is 3. The molecular weight excluding hydrogens is 134 g/mol. The smallest absolute Gasteiger partial charge is 0.144 e. The highest BCUT2D eigenvalue weighted by molar-refractivity contribution is 4.67. The molecule has 0 unspecified atom stereocenters. The van der Waals surface area contributed by atoms with Crippen molar-refractivity contribution in [1.82, 2.24) is 15.5 Å². The minimum atomic E-state index is 1.40. The summed E-state index contributed by atoms with van der Waals surface area (Å²) in [5, 5.41) is 9.75. The van der Waals surface area contributed by atoms with Crippen molar-refractivity contribution in [2.75, 3.05) is 0 Å². The van der Waals surface area contributed by atoms with Gasteiger partial charge in [-0.25, -0.2) is 0 Å². The Hall–Kier alpha value is -1.65. The van der Waals surface area contributed by atoms with Crippen LogP contribution >= 0.6 is 0 Å². The highest BCUT2D eigenvalue weighted by Gasteiger charge is 1.61. The molecule has 2 rings (SSSR count). The first-order chi connectivity index (χ1) is 5.00. The molecule has 5 heteroatoms. The Balaban J connectivity index is 0.0000001000. The van der Waals surface area contributed by atoms with Crippen LogP contribution in [0.3, 0.4) is 0 Å². The molecule has 0 N–H and O–H groups in total. The van der Waals surface area contributed by atoms with Gasteiger partial charge in [0, 0.05) is 5.27 Å². The zero-order valence-electron chi connectivity index (χ0n) is 5.04. The third-order valence-corrected chi connectivity index (χ3v) is 0.630. The molecule has 0 saturated carbocycles. The van der Waals surface area contributed by atoms with Gasteiger partial charge in [-0.05, 0) is 6.07 Å². The van der Waals surface area contributed by atoms with E-state index < -0.39 is 0 Å². The largest absolute Gasteiger partial charge is 0.365 e. The Morgan fingerprint density at radius 3 is 2.20 bits per heavy atom. The van der Waals surface area contributed by atoms with E-state index in [4.69, 9.17) is 0 Å². The highest BCUT2D eigenvalue weighted by Crippen LogP contribution is 1.72. The summed E-state index contributed by atoms with van der Waals surface area (Å²) in [5.41, 5.74) is 0. The summed E-state index contributed by atoms with van der Waals surface area (Å²) in [6.07, 6.45) is 5.97. The maximum Gasteiger partial charge on any atom is 0.144 e. The molecule has 5 nitrogen and oxygen atoms in total. The summed E-state index contributed by atoms with van der Waals surface area (Å²) in [5.74, 6) is 0. The van der Waals surface area contributed by atoms with Crippen molar-refractivity contribution in [1.29, 1.82) is 0 Å². The average Bonchev–Trinajstić information content (AvgIpc) is 2.67. The zero-order valence-corrected chi connectivity index (χ0v) is 5.04.